The zero-order chi connectivity index (χ0) is 12.1. The van der Waals surface area contributed by atoms with Gasteiger partial charge in [0.25, 0.3) is 0 Å². The molecule has 1 rings (SSSR count). The van der Waals surface area contributed by atoms with Crippen molar-refractivity contribution in [3.8, 4) is 6.07 Å². The van der Waals surface area contributed by atoms with Crippen LogP contribution < -0.4 is 0 Å². The van der Waals surface area contributed by atoms with E-state index in [9.17, 15) is 15.2 Å². The largest absolute Gasteiger partial charge is 0.381 e. The molecule has 0 bridgehead atoms. The van der Waals surface area contributed by atoms with E-state index < -0.39 is 17.1 Å². The monoisotopic (exact) mass is 220 g/mol. The van der Waals surface area contributed by atoms with Crippen LogP contribution in [0.1, 0.15) is 30.6 Å². The number of nitriles is 1. The molecule has 0 radical (unpaired) electrons. The van der Waals surface area contributed by atoms with Crippen LogP contribution >= 0.6 is 0 Å². The molecule has 0 heterocycles. The molecule has 1 aromatic carbocycles. The minimum absolute atomic E-state index is 0.258. The first-order chi connectivity index (χ1) is 7.60. The number of nitrogens with zero attached hydrogens (tertiary/aromatic N) is 2. The van der Waals surface area contributed by atoms with Crippen molar-refractivity contribution in [1.29, 1.82) is 5.26 Å². The van der Waals surface area contributed by atoms with E-state index in [0.717, 1.165) is 0 Å². The first-order valence-corrected chi connectivity index (χ1v) is 4.91. The molecule has 0 saturated heterocycles. The van der Waals surface area contributed by atoms with Crippen molar-refractivity contribution in [1.82, 2.24) is 0 Å². The van der Waals surface area contributed by atoms with Crippen LogP contribution in [0.15, 0.2) is 24.3 Å². The highest BCUT2D eigenvalue weighted by Crippen LogP contribution is 2.21. The van der Waals surface area contributed by atoms with Gasteiger partial charge >= 0.3 is 0 Å². The van der Waals surface area contributed by atoms with Gasteiger partial charge in [-0.2, -0.15) is 5.26 Å². The second kappa shape index (κ2) is 5.24. The number of rotatable bonds is 4. The summed E-state index contributed by atoms with van der Waals surface area (Å²) in [6.07, 6.45) is -0.874. The van der Waals surface area contributed by atoms with Gasteiger partial charge in [-0.3, -0.25) is 10.1 Å². The zero-order valence-electron chi connectivity index (χ0n) is 8.83. The van der Waals surface area contributed by atoms with E-state index in [-0.39, 0.29) is 6.42 Å². The topological polar surface area (TPSA) is 87.2 Å². The highest BCUT2D eigenvalue weighted by Gasteiger charge is 2.28. The lowest BCUT2D eigenvalue weighted by atomic mass is 10.00. The molecule has 2 atom stereocenters. The van der Waals surface area contributed by atoms with Crippen molar-refractivity contribution < 1.29 is 10.0 Å². The molecule has 0 fully saturated rings. The van der Waals surface area contributed by atoms with Crippen molar-refractivity contribution in [2.24, 2.45) is 0 Å². The van der Waals surface area contributed by atoms with E-state index in [4.69, 9.17) is 5.26 Å². The van der Waals surface area contributed by atoms with E-state index in [2.05, 4.69) is 0 Å². The molecule has 0 aromatic heterocycles. The van der Waals surface area contributed by atoms with Crippen LogP contribution in [-0.2, 0) is 0 Å². The molecule has 0 aliphatic carbocycles. The summed E-state index contributed by atoms with van der Waals surface area (Å²) < 4.78 is 0. The maximum atomic E-state index is 10.7. The molecule has 0 amide bonds. The normalized spacial score (nSPS) is 13.8. The summed E-state index contributed by atoms with van der Waals surface area (Å²) in [6.45, 7) is 1.65. The van der Waals surface area contributed by atoms with Gasteiger partial charge in [-0.25, -0.2) is 0 Å². The molecule has 84 valence electrons. The predicted octanol–water partition coefficient (Wildman–Crippen LogP) is 1.65. The number of hydrogen-bond acceptors (Lipinski definition) is 4. The van der Waals surface area contributed by atoms with Crippen LogP contribution in [0.2, 0.25) is 0 Å². The minimum Gasteiger partial charge on any atom is -0.381 e. The molecule has 5 heteroatoms. The van der Waals surface area contributed by atoms with E-state index in [0.29, 0.717) is 11.1 Å². The zero-order valence-corrected chi connectivity index (χ0v) is 8.83. The first-order valence-electron chi connectivity index (χ1n) is 4.91. The fraction of sp³-hybridized carbons (Fsp3) is 0.364. The molecule has 1 aromatic rings. The molecule has 5 nitrogen and oxygen atoms in total. The number of aliphatic hydroxyl groups excluding tert-OH is 1. The fourth-order valence-electron chi connectivity index (χ4n) is 1.46. The smallest absolute Gasteiger partial charge is 0.242 e. The fourth-order valence-corrected chi connectivity index (χ4v) is 1.46. The summed E-state index contributed by atoms with van der Waals surface area (Å²) in [4.78, 5) is 10.2. The van der Waals surface area contributed by atoms with Crippen LogP contribution in [0.5, 0.6) is 0 Å². The highest BCUT2D eigenvalue weighted by molar-refractivity contribution is 5.32. The van der Waals surface area contributed by atoms with E-state index in [1.165, 1.54) is 24.3 Å². The Kier molecular flexibility index (Phi) is 3.97. The molecule has 0 saturated carbocycles. The average molecular weight is 220 g/mol. The van der Waals surface area contributed by atoms with E-state index in [1.54, 1.807) is 6.92 Å². The maximum Gasteiger partial charge on any atom is 0.242 e. The Morgan fingerprint density at radius 3 is 2.44 bits per heavy atom. The summed E-state index contributed by atoms with van der Waals surface area (Å²) >= 11 is 0. The first kappa shape index (κ1) is 12.1. The van der Waals surface area contributed by atoms with Crippen LogP contribution in [0.4, 0.5) is 0 Å². The van der Waals surface area contributed by atoms with Crippen LogP contribution in [0.25, 0.3) is 0 Å². The van der Waals surface area contributed by atoms with E-state index in [1.807, 2.05) is 6.07 Å². The lowest BCUT2D eigenvalue weighted by Crippen LogP contribution is -2.26. The summed E-state index contributed by atoms with van der Waals surface area (Å²) in [5.41, 5.74) is 0.924. The molecule has 0 unspecified atom stereocenters. The van der Waals surface area contributed by atoms with Crippen molar-refractivity contribution in [3.63, 3.8) is 0 Å². The second-order valence-electron chi connectivity index (χ2n) is 3.44. The second-order valence-corrected chi connectivity index (χ2v) is 3.44. The highest BCUT2D eigenvalue weighted by atomic mass is 16.6. The van der Waals surface area contributed by atoms with Gasteiger partial charge in [0, 0.05) is 11.3 Å². The average Bonchev–Trinajstić information content (AvgIpc) is 2.29. The van der Waals surface area contributed by atoms with Gasteiger partial charge in [-0.1, -0.05) is 19.1 Å². The Hall–Kier alpha value is -1.93. The number of benzene rings is 1. The van der Waals surface area contributed by atoms with Gasteiger partial charge in [-0.15, -0.1) is 0 Å². The maximum absolute atomic E-state index is 10.7. The molecule has 0 aliphatic heterocycles. The van der Waals surface area contributed by atoms with Crippen LogP contribution in [-0.4, -0.2) is 16.1 Å². The Morgan fingerprint density at radius 2 is 2.06 bits per heavy atom. The summed E-state index contributed by atoms with van der Waals surface area (Å²) in [5, 5.41) is 29.0. The Morgan fingerprint density at radius 1 is 1.50 bits per heavy atom. The standard InChI is InChI=1S/C11H12N2O3/c1-2-10(13(15)16)11(14)9-5-3-8(7-12)4-6-9/h3-6,10-11,14H,2H2,1H3/t10-,11+/m1/s1. The number of nitro groups is 1. The van der Waals surface area contributed by atoms with Crippen molar-refractivity contribution in [2.75, 3.05) is 0 Å². The lowest BCUT2D eigenvalue weighted by Gasteiger charge is -2.14. The van der Waals surface area contributed by atoms with Crippen molar-refractivity contribution in [2.45, 2.75) is 25.5 Å². The van der Waals surface area contributed by atoms with Crippen LogP contribution in [0, 0.1) is 21.4 Å². The third-order valence-electron chi connectivity index (χ3n) is 2.43. The Bertz CT molecular complexity index is 408. The Labute approximate surface area is 93.1 Å². The molecular formula is C11H12N2O3. The van der Waals surface area contributed by atoms with E-state index >= 15 is 0 Å². The van der Waals surface area contributed by atoms with Crippen LogP contribution in [0.3, 0.4) is 0 Å². The third-order valence-corrected chi connectivity index (χ3v) is 2.43. The molecule has 0 spiro atoms. The molecule has 0 aliphatic rings. The summed E-state index contributed by atoms with van der Waals surface area (Å²) in [6, 6.07) is 7.08. The van der Waals surface area contributed by atoms with Gasteiger partial charge in [-0.05, 0) is 17.7 Å². The molecule has 1 N–H and O–H groups in total. The van der Waals surface area contributed by atoms with Gasteiger partial charge in [0.15, 0.2) is 0 Å². The number of hydrogen-bond donors (Lipinski definition) is 1. The van der Waals surface area contributed by atoms with Crippen molar-refractivity contribution >= 4 is 0 Å². The summed E-state index contributed by atoms with van der Waals surface area (Å²) in [7, 11) is 0. The van der Waals surface area contributed by atoms with Gasteiger partial charge in [0.05, 0.1) is 11.6 Å². The quantitative estimate of drug-likeness (QED) is 0.617. The third kappa shape index (κ3) is 2.55. The molecular weight excluding hydrogens is 208 g/mol. The predicted molar refractivity (Wildman–Crippen MR) is 57.2 cm³/mol. The van der Waals surface area contributed by atoms with Gasteiger partial charge < -0.3 is 5.11 Å². The molecule has 16 heavy (non-hydrogen) atoms. The Balaban J connectivity index is 2.91. The minimum atomic E-state index is -1.13. The summed E-state index contributed by atoms with van der Waals surface area (Å²) in [5.74, 6) is 0. The van der Waals surface area contributed by atoms with Gasteiger partial charge in [0.2, 0.25) is 6.04 Å². The number of aliphatic hydroxyl groups is 1. The van der Waals surface area contributed by atoms with Crippen molar-refractivity contribution in [3.05, 3.63) is 45.5 Å². The SMILES string of the molecule is CC[C@H]([C@@H](O)c1ccc(C#N)cc1)[N+](=O)[O-]. The van der Waals surface area contributed by atoms with Gasteiger partial charge in [0.1, 0.15) is 6.10 Å². The lowest BCUT2D eigenvalue weighted by molar-refractivity contribution is -0.536.